The highest BCUT2D eigenvalue weighted by Crippen LogP contribution is 2.32. The largest absolute Gasteiger partial charge is 0.423 e. The van der Waals surface area contributed by atoms with E-state index in [1.54, 1.807) is 0 Å². The lowest BCUT2D eigenvalue weighted by molar-refractivity contribution is 0.512. The molecule has 1 aromatic carbocycles. The fourth-order valence-corrected chi connectivity index (χ4v) is 2.10. The molecule has 18 heavy (non-hydrogen) atoms. The third kappa shape index (κ3) is 3.10. The molecule has 0 saturated heterocycles. The summed E-state index contributed by atoms with van der Waals surface area (Å²) < 4.78 is 30.2. The van der Waals surface area contributed by atoms with Crippen LogP contribution in [0.5, 0.6) is 5.75 Å². The SMILES string of the molecule is CCCC1(Br)N=NC(Oc2cc(F)cc(F)c2)=N1. The van der Waals surface area contributed by atoms with Gasteiger partial charge in [0.05, 0.1) is 0 Å². The molecule has 0 aliphatic carbocycles. The zero-order chi connectivity index (χ0) is 13.2. The van der Waals surface area contributed by atoms with Gasteiger partial charge >= 0.3 is 6.02 Å². The minimum Gasteiger partial charge on any atom is -0.423 e. The Labute approximate surface area is 111 Å². The third-order valence-corrected chi connectivity index (χ3v) is 2.90. The van der Waals surface area contributed by atoms with E-state index in [-0.39, 0.29) is 11.8 Å². The molecule has 0 bridgehead atoms. The average Bonchev–Trinajstić information content (AvgIpc) is 2.58. The van der Waals surface area contributed by atoms with Gasteiger partial charge in [-0.3, -0.25) is 0 Å². The first-order valence-corrected chi connectivity index (χ1v) is 6.16. The van der Waals surface area contributed by atoms with E-state index in [1.807, 2.05) is 6.92 Å². The maximum atomic E-state index is 13.0. The molecule has 2 rings (SSSR count). The second kappa shape index (κ2) is 5.09. The summed E-state index contributed by atoms with van der Waals surface area (Å²) >= 11 is 3.31. The molecule has 0 fully saturated rings. The molecule has 4 nitrogen and oxygen atoms in total. The molecule has 1 unspecified atom stereocenters. The molecule has 1 aliphatic heterocycles. The van der Waals surface area contributed by atoms with Crippen LogP contribution in [0, 0.1) is 11.6 Å². The summed E-state index contributed by atoms with van der Waals surface area (Å²) in [5.74, 6) is -1.45. The van der Waals surface area contributed by atoms with Crippen LogP contribution >= 0.6 is 15.9 Å². The van der Waals surface area contributed by atoms with Crippen LogP contribution in [0.15, 0.2) is 33.4 Å². The van der Waals surface area contributed by atoms with Crippen LogP contribution in [0.3, 0.4) is 0 Å². The molecule has 0 aromatic heterocycles. The number of hydrogen-bond donors (Lipinski definition) is 0. The van der Waals surface area contributed by atoms with E-state index >= 15 is 0 Å². The molecule has 0 spiro atoms. The molecule has 0 amide bonds. The normalized spacial score (nSPS) is 22.1. The maximum Gasteiger partial charge on any atom is 0.339 e. The van der Waals surface area contributed by atoms with Crippen molar-refractivity contribution in [2.75, 3.05) is 0 Å². The van der Waals surface area contributed by atoms with Gasteiger partial charge in [0.25, 0.3) is 0 Å². The number of aliphatic imine (C=N–C) groups is 1. The summed E-state index contributed by atoms with van der Waals surface area (Å²) in [4.78, 5) is 4.10. The Balaban J connectivity index is 2.14. The van der Waals surface area contributed by atoms with Gasteiger partial charge in [-0.1, -0.05) is 18.5 Å². The molecular weight excluding hydrogens is 308 g/mol. The first kappa shape index (κ1) is 13.1. The Hall–Kier alpha value is -1.37. The van der Waals surface area contributed by atoms with Crippen LogP contribution in [-0.2, 0) is 0 Å². The second-order valence-corrected chi connectivity index (χ2v) is 5.04. The second-order valence-electron chi connectivity index (χ2n) is 3.77. The quantitative estimate of drug-likeness (QED) is 0.613. The summed E-state index contributed by atoms with van der Waals surface area (Å²) in [7, 11) is 0. The number of amidine groups is 1. The predicted molar refractivity (Wildman–Crippen MR) is 65.8 cm³/mol. The molecule has 0 N–H and O–H groups in total. The topological polar surface area (TPSA) is 46.3 Å². The van der Waals surface area contributed by atoms with Crippen molar-refractivity contribution in [1.29, 1.82) is 0 Å². The van der Waals surface area contributed by atoms with E-state index in [0.717, 1.165) is 24.6 Å². The Morgan fingerprint density at radius 1 is 1.28 bits per heavy atom. The van der Waals surface area contributed by atoms with Crippen molar-refractivity contribution >= 4 is 22.0 Å². The van der Waals surface area contributed by atoms with Gasteiger partial charge in [-0.25, -0.2) is 8.78 Å². The van der Waals surface area contributed by atoms with Gasteiger partial charge in [-0.2, -0.15) is 4.99 Å². The van der Waals surface area contributed by atoms with Gasteiger partial charge in [0.1, 0.15) is 17.4 Å². The summed E-state index contributed by atoms with van der Waals surface area (Å²) in [5, 5.41) is 7.63. The van der Waals surface area contributed by atoms with Gasteiger partial charge < -0.3 is 4.74 Å². The van der Waals surface area contributed by atoms with Crippen LogP contribution in [0.1, 0.15) is 19.8 Å². The first-order valence-electron chi connectivity index (χ1n) is 5.36. The number of ether oxygens (including phenoxy) is 1. The van der Waals surface area contributed by atoms with Gasteiger partial charge in [-0.05, 0) is 15.9 Å². The number of benzene rings is 1. The van der Waals surface area contributed by atoms with Crippen LogP contribution in [0.4, 0.5) is 8.78 Å². The highest BCUT2D eigenvalue weighted by Gasteiger charge is 2.30. The number of rotatable bonds is 3. The molecule has 1 heterocycles. The summed E-state index contributed by atoms with van der Waals surface area (Å²) in [6, 6.07) is 2.84. The Morgan fingerprint density at radius 2 is 1.94 bits per heavy atom. The Morgan fingerprint density at radius 3 is 2.56 bits per heavy atom. The number of nitrogens with zero attached hydrogens (tertiary/aromatic N) is 3. The lowest BCUT2D eigenvalue weighted by atomic mass is 10.3. The van der Waals surface area contributed by atoms with Crippen molar-refractivity contribution in [1.82, 2.24) is 0 Å². The van der Waals surface area contributed by atoms with Crippen LogP contribution in [-0.4, -0.2) is 10.6 Å². The van der Waals surface area contributed by atoms with Crippen molar-refractivity contribution in [3.05, 3.63) is 29.8 Å². The molecule has 96 valence electrons. The minimum absolute atomic E-state index is 0.00144. The van der Waals surface area contributed by atoms with E-state index in [2.05, 4.69) is 31.2 Å². The molecule has 1 atom stereocenters. The molecule has 0 saturated carbocycles. The Bertz CT molecular complexity index is 501. The van der Waals surface area contributed by atoms with Crippen LogP contribution < -0.4 is 4.74 Å². The van der Waals surface area contributed by atoms with E-state index in [4.69, 9.17) is 4.74 Å². The monoisotopic (exact) mass is 317 g/mol. The van der Waals surface area contributed by atoms with Gasteiger partial charge in [-0.15, -0.1) is 5.11 Å². The highest BCUT2D eigenvalue weighted by molar-refractivity contribution is 9.10. The van der Waals surface area contributed by atoms with E-state index in [1.165, 1.54) is 0 Å². The minimum atomic E-state index is -0.817. The molecule has 1 aromatic rings. The van der Waals surface area contributed by atoms with Crippen molar-refractivity contribution in [3.63, 3.8) is 0 Å². The fourth-order valence-electron chi connectivity index (χ4n) is 1.47. The highest BCUT2D eigenvalue weighted by atomic mass is 79.9. The van der Waals surface area contributed by atoms with Crippen molar-refractivity contribution in [2.24, 2.45) is 15.2 Å². The zero-order valence-corrected chi connectivity index (χ0v) is 11.1. The standard InChI is InChI=1S/C11H10BrF2N3O/c1-2-3-11(12)15-10(16-17-11)18-9-5-7(13)4-8(14)6-9/h4-6H,2-3H2,1H3. The van der Waals surface area contributed by atoms with Crippen LogP contribution in [0.2, 0.25) is 0 Å². The predicted octanol–water partition coefficient (Wildman–Crippen LogP) is 4.01. The van der Waals surface area contributed by atoms with Gasteiger partial charge in [0.15, 0.2) is 0 Å². The van der Waals surface area contributed by atoms with Gasteiger partial charge in [0, 0.05) is 24.6 Å². The number of azo groups is 1. The third-order valence-electron chi connectivity index (χ3n) is 2.17. The van der Waals surface area contributed by atoms with Crippen molar-refractivity contribution in [2.45, 2.75) is 24.3 Å². The van der Waals surface area contributed by atoms with Gasteiger partial charge in [0.2, 0.25) is 4.57 Å². The fraction of sp³-hybridized carbons (Fsp3) is 0.364. The zero-order valence-electron chi connectivity index (χ0n) is 9.53. The summed E-state index contributed by atoms with van der Waals surface area (Å²) in [6.45, 7) is 1.98. The average molecular weight is 318 g/mol. The lowest BCUT2D eigenvalue weighted by Gasteiger charge is -2.10. The first-order chi connectivity index (χ1) is 8.50. The molecule has 7 heteroatoms. The lowest BCUT2D eigenvalue weighted by Crippen LogP contribution is -2.12. The number of hydrogen-bond acceptors (Lipinski definition) is 4. The number of alkyl halides is 1. The van der Waals surface area contributed by atoms with E-state index in [0.29, 0.717) is 6.42 Å². The Kier molecular flexibility index (Phi) is 3.70. The van der Waals surface area contributed by atoms with Crippen molar-refractivity contribution in [3.8, 4) is 5.75 Å². The smallest absolute Gasteiger partial charge is 0.339 e. The molecular formula is C11H10BrF2N3O. The summed E-state index contributed by atoms with van der Waals surface area (Å²) in [6.07, 6.45) is 1.51. The van der Waals surface area contributed by atoms with Crippen molar-refractivity contribution < 1.29 is 13.5 Å². The maximum absolute atomic E-state index is 13.0. The van der Waals surface area contributed by atoms with Crippen LogP contribution in [0.25, 0.3) is 0 Å². The summed E-state index contributed by atoms with van der Waals surface area (Å²) in [5.41, 5.74) is 0. The number of halogens is 3. The molecule has 0 radical (unpaired) electrons. The van der Waals surface area contributed by atoms with E-state index < -0.39 is 16.2 Å². The molecule has 1 aliphatic rings. The van der Waals surface area contributed by atoms with E-state index in [9.17, 15) is 8.78 Å².